The molecular formula is C21H28N4O. The zero-order valence-corrected chi connectivity index (χ0v) is 16.0. The Kier molecular flexibility index (Phi) is 4.49. The second kappa shape index (κ2) is 6.80. The molecule has 1 amide bonds. The van der Waals surface area contributed by atoms with Crippen molar-refractivity contribution >= 4 is 27.8 Å². The summed E-state index contributed by atoms with van der Waals surface area (Å²) in [6, 6.07) is 10.7. The van der Waals surface area contributed by atoms with Crippen molar-refractivity contribution < 1.29 is 4.79 Å². The maximum atomic E-state index is 12.9. The molecule has 5 nitrogen and oxygen atoms in total. The van der Waals surface area contributed by atoms with Crippen LogP contribution < -0.4 is 5.32 Å². The lowest BCUT2D eigenvalue weighted by Gasteiger charge is -2.17. The third kappa shape index (κ3) is 2.80. The van der Waals surface area contributed by atoms with Gasteiger partial charge in [0.25, 0.3) is 5.91 Å². The molecule has 1 N–H and O–H groups in total. The summed E-state index contributed by atoms with van der Waals surface area (Å²) in [6.45, 7) is 8.25. The lowest BCUT2D eigenvalue weighted by Crippen LogP contribution is -2.34. The van der Waals surface area contributed by atoms with Gasteiger partial charge in [0.15, 0.2) is 0 Å². The predicted octanol–water partition coefficient (Wildman–Crippen LogP) is 3.54. The molecule has 1 fully saturated rings. The fourth-order valence-corrected chi connectivity index (χ4v) is 4.27. The number of rotatable bonds is 5. The third-order valence-corrected chi connectivity index (χ3v) is 5.56. The van der Waals surface area contributed by atoms with Crippen LogP contribution in [0.3, 0.4) is 0 Å². The van der Waals surface area contributed by atoms with E-state index in [2.05, 4.69) is 64.5 Å². The zero-order valence-electron chi connectivity index (χ0n) is 16.0. The normalized spacial score (nSPS) is 15.5. The molecule has 1 aromatic carbocycles. The summed E-state index contributed by atoms with van der Waals surface area (Å²) in [5.41, 5.74) is 4.23. The van der Waals surface area contributed by atoms with Gasteiger partial charge in [-0.25, -0.2) is 0 Å². The first-order chi connectivity index (χ1) is 12.6. The molecule has 1 aliphatic heterocycles. The fraction of sp³-hybridized carbons (Fsp3) is 0.476. The lowest BCUT2D eigenvalue weighted by molar-refractivity contribution is 0.0939. The maximum Gasteiger partial charge on any atom is 0.268 e. The highest BCUT2D eigenvalue weighted by Gasteiger charge is 2.22. The molecule has 5 heteroatoms. The predicted molar refractivity (Wildman–Crippen MR) is 107 cm³/mol. The monoisotopic (exact) mass is 352 g/mol. The third-order valence-electron chi connectivity index (χ3n) is 5.56. The summed E-state index contributed by atoms with van der Waals surface area (Å²) in [7, 11) is 2.07. The van der Waals surface area contributed by atoms with Crippen LogP contribution in [0, 0.1) is 0 Å². The van der Waals surface area contributed by atoms with Crippen molar-refractivity contribution in [2.24, 2.45) is 7.05 Å². The van der Waals surface area contributed by atoms with E-state index < -0.39 is 0 Å². The van der Waals surface area contributed by atoms with Crippen molar-refractivity contribution in [3.05, 3.63) is 36.0 Å². The van der Waals surface area contributed by atoms with E-state index in [-0.39, 0.29) is 11.9 Å². The number of amides is 1. The standard InChI is InChI=1S/C21H28N4O/c1-15(2)25-19(21(26)22-10-13-24-11-6-7-12-24)14-18-20(25)16-8-4-5-9-17(16)23(18)3/h4-5,8-9,14-15H,6-7,10-13H2,1-3H3,(H,22,26). The quantitative estimate of drug-likeness (QED) is 0.763. The highest BCUT2D eigenvalue weighted by atomic mass is 16.1. The lowest BCUT2D eigenvalue weighted by atomic mass is 10.2. The minimum Gasteiger partial charge on any atom is -0.349 e. The number of nitrogens with zero attached hydrogens (tertiary/aromatic N) is 3. The molecule has 0 spiro atoms. The van der Waals surface area contributed by atoms with Crippen LogP contribution in [-0.2, 0) is 7.05 Å². The number of carbonyl (C=O) groups is 1. The van der Waals surface area contributed by atoms with Gasteiger partial charge in [0.2, 0.25) is 0 Å². The molecule has 0 saturated carbocycles. The van der Waals surface area contributed by atoms with E-state index in [1.54, 1.807) is 0 Å². The molecule has 0 bridgehead atoms. The Bertz CT molecular complexity index is 944. The summed E-state index contributed by atoms with van der Waals surface area (Å²) in [5.74, 6) is 0.0261. The van der Waals surface area contributed by atoms with E-state index in [9.17, 15) is 4.79 Å². The van der Waals surface area contributed by atoms with Crippen molar-refractivity contribution in [1.29, 1.82) is 0 Å². The molecule has 138 valence electrons. The largest absolute Gasteiger partial charge is 0.349 e. The van der Waals surface area contributed by atoms with Gasteiger partial charge in [0.1, 0.15) is 5.69 Å². The molecule has 0 unspecified atom stereocenters. The number of aromatic nitrogens is 2. The molecule has 2 aromatic heterocycles. The van der Waals surface area contributed by atoms with Gasteiger partial charge in [0, 0.05) is 31.6 Å². The van der Waals surface area contributed by atoms with Gasteiger partial charge < -0.3 is 19.4 Å². The first-order valence-corrected chi connectivity index (χ1v) is 9.67. The summed E-state index contributed by atoms with van der Waals surface area (Å²) in [5, 5.41) is 4.33. The van der Waals surface area contributed by atoms with Crippen LogP contribution in [0.2, 0.25) is 0 Å². The molecule has 0 atom stereocenters. The van der Waals surface area contributed by atoms with Crippen LogP contribution in [0.1, 0.15) is 43.2 Å². The number of fused-ring (bicyclic) bond motifs is 3. The molecule has 3 heterocycles. The first-order valence-electron chi connectivity index (χ1n) is 9.67. The van der Waals surface area contributed by atoms with Crippen LogP contribution in [0.5, 0.6) is 0 Å². The van der Waals surface area contributed by atoms with E-state index in [0.717, 1.165) is 36.4 Å². The summed E-state index contributed by atoms with van der Waals surface area (Å²) in [6.07, 6.45) is 2.56. The highest BCUT2D eigenvalue weighted by molar-refractivity contribution is 6.10. The molecule has 0 aliphatic carbocycles. The van der Waals surface area contributed by atoms with Crippen molar-refractivity contribution in [2.45, 2.75) is 32.7 Å². The zero-order chi connectivity index (χ0) is 18.3. The Labute approximate surface area is 154 Å². The van der Waals surface area contributed by atoms with Gasteiger partial charge in [-0.3, -0.25) is 4.79 Å². The fourth-order valence-electron chi connectivity index (χ4n) is 4.27. The van der Waals surface area contributed by atoms with Crippen LogP contribution >= 0.6 is 0 Å². The highest BCUT2D eigenvalue weighted by Crippen LogP contribution is 2.33. The van der Waals surface area contributed by atoms with Gasteiger partial charge in [-0.05, 0) is 51.9 Å². The van der Waals surface area contributed by atoms with Gasteiger partial charge in [-0.1, -0.05) is 18.2 Å². The van der Waals surface area contributed by atoms with E-state index in [1.807, 2.05) is 6.07 Å². The molecule has 4 rings (SSSR count). The number of nitrogens with one attached hydrogen (secondary N) is 1. The first kappa shape index (κ1) is 17.2. The number of hydrogen-bond donors (Lipinski definition) is 1. The Hall–Kier alpha value is -2.27. The van der Waals surface area contributed by atoms with Crippen LogP contribution in [0.25, 0.3) is 21.9 Å². The Balaban J connectivity index is 1.67. The molecule has 1 saturated heterocycles. The number of carbonyl (C=O) groups excluding carboxylic acids is 1. The van der Waals surface area contributed by atoms with Gasteiger partial charge >= 0.3 is 0 Å². The Morgan fingerprint density at radius 1 is 1.15 bits per heavy atom. The Morgan fingerprint density at radius 3 is 2.62 bits per heavy atom. The van der Waals surface area contributed by atoms with Gasteiger partial charge in [-0.15, -0.1) is 0 Å². The van der Waals surface area contributed by atoms with Crippen molar-refractivity contribution in [1.82, 2.24) is 19.4 Å². The Morgan fingerprint density at radius 2 is 1.88 bits per heavy atom. The van der Waals surface area contributed by atoms with E-state index in [1.165, 1.54) is 23.7 Å². The number of aryl methyl sites for hydroxylation is 1. The maximum absolute atomic E-state index is 12.9. The summed E-state index contributed by atoms with van der Waals surface area (Å²) >= 11 is 0. The smallest absolute Gasteiger partial charge is 0.268 e. The van der Waals surface area contributed by atoms with Crippen LogP contribution in [-0.4, -0.2) is 46.1 Å². The molecule has 26 heavy (non-hydrogen) atoms. The minimum absolute atomic E-state index is 0.0261. The van der Waals surface area contributed by atoms with Crippen molar-refractivity contribution in [3.63, 3.8) is 0 Å². The van der Waals surface area contributed by atoms with Crippen molar-refractivity contribution in [2.75, 3.05) is 26.2 Å². The van der Waals surface area contributed by atoms with E-state index in [4.69, 9.17) is 0 Å². The average Bonchev–Trinajstić information content (AvgIpc) is 3.33. The van der Waals surface area contributed by atoms with Gasteiger partial charge in [0.05, 0.1) is 16.6 Å². The summed E-state index contributed by atoms with van der Waals surface area (Å²) < 4.78 is 4.37. The van der Waals surface area contributed by atoms with Crippen LogP contribution in [0.15, 0.2) is 30.3 Å². The molecule has 1 aliphatic rings. The topological polar surface area (TPSA) is 42.2 Å². The second-order valence-electron chi connectivity index (χ2n) is 7.61. The molecule has 3 aromatic rings. The molecule has 0 radical (unpaired) electrons. The van der Waals surface area contributed by atoms with E-state index >= 15 is 0 Å². The van der Waals surface area contributed by atoms with Gasteiger partial charge in [-0.2, -0.15) is 0 Å². The second-order valence-corrected chi connectivity index (χ2v) is 7.61. The van der Waals surface area contributed by atoms with E-state index in [0.29, 0.717) is 6.54 Å². The number of likely N-dealkylation sites (tertiary alicyclic amines) is 1. The number of hydrogen-bond acceptors (Lipinski definition) is 2. The number of benzene rings is 1. The summed E-state index contributed by atoms with van der Waals surface area (Å²) in [4.78, 5) is 15.3. The average molecular weight is 352 g/mol. The van der Waals surface area contributed by atoms with Crippen molar-refractivity contribution in [3.8, 4) is 0 Å². The minimum atomic E-state index is 0.0261. The van der Waals surface area contributed by atoms with Crippen LogP contribution in [0.4, 0.5) is 0 Å². The SMILES string of the molecule is CC(C)n1c(C(=O)NCCN2CCCC2)cc2c1c1ccccc1n2C. The number of para-hydroxylation sites is 1. The molecular weight excluding hydrogens is 324 g/mol.